The molecule has 2 unspecified atom stereocenters. The number of ether oxygens (including phenoxy) is 2. The number of amides is 10. The maximum absolute atomic E-state index is 14.7. The first-order valence-corrected chi connectivity index (χ1v) is 34.6. The normalized spacial score (nSPS) is 21.2. The molecule has 12 rings (SSSR count). The Labute approximate surface area is 578 Å². The summed E-state index contributed by atoms with van der Waals surface area (Å²) in [6.45, 7) is 12.6. The molecule has 4 aliphatic carbocycles. The molecule has 8 N–H and O–H groups in total. The Morgan fingerprint density at radius 1 is 0.818 bits per heavy atom. The van der Waals surface area contributed by atoms with E-state index in [-0.39, 0.29) is 91.9 Å². The monoisotopic (exact) mass is 1370 g/mol. The number of primary amides is 2. The third-order valence-electron chi connectivity index (χ3n) is 20.0. The molecule has 6 aromatic rings. The molecule has 6 aliphatic rings. The van der Waals surface area contributed by atoms with Crippen LogP contribution in [0, 0.1) is 29.1 Å². The lowest BCUT2D eigenvalue weighted by molar-refractivity contribution is -0.248. The van der Waals surface area contributed by atoms with Crippen LogP contribution in [0.2, 0.25) is 0 Å². The molecule has 99 heavy (non-hydrogen) atoms. The van der Waals surface area contributed by atoms with E-state index in [2.05, 4.69) is 39.7 Å². The number of carbonyl (C=O) groups is 9. The highest BCUT2D eigenvalue weighted by Gasteiger charge is 2.66. The minimum Gasteiger partial charge on any atom is -0.476 e. The standard InChI is InChI=1S/C72H88N14O12S/c1-44(2)60(79-57(87)17-9-8-12-29-84-58(88)26-27-59(84)89)63(91)86(54(62(73)90)15-13-28-75-65(74)94)48-21-18-46(19-22-48)36-97-68(96)82(7)32-33-98-72-40-69(4)37-70(5,41-72)39-71(38-69,42-72)43-85-45(3)50(35-76-85)49-23-24-51(77-61(49)64(92)93)47-20-25-53-55(34-47)83(31-30-81(53)6)67(95)80-66-78-52-14-10-11-16-56(52)99-66/h10-11,14,16,18-27,34-35,44,54,60H,8-9,12-13,15,17,28-33,36-43H2,1-7H3,(H2,73,90)(H,79,87)(H,92,93)(H3,74,75,94)(H,78,80,95)/t54-,60-,69?,70?,71?,72?/m0/s1. The van der Waals surface area contributed by atoms with Crippen molar-refractivity contribution in [3.05, 3.63) is 114 Å². The first-order valence-electron chi connectivity index (χ1n) is 33.8. The number of likely N-dealkylation sites (N-methyl/N-ethyl adjacent to an activating group) is 2. The van der Waals surface area contributed by atoms with Crippen molar-refractivity contribution in [2.45, 2.75) is 143 Å². The highest BCUT2D eigenvalue weighted by atomic mass is 32.1. The average molecular weight is 1370 g/mol. The molecule has 26 nitrogen and oxygen atoms in total. The van der Waals surface area contributed by atoms with Gasteiger partial charge < -0.3 is 46.5 Å². The largest absolute Gasteiger partial charge is 0.476 e. The first kappa shape index (κ1) is 70.6. The van der Waals surface area contributed by atoms with Crippen LogP contribution in [0.5, 0.6) is 0 Å². The number of anilines is 4. The lowest BCUT2D eigenvalue weighted by Crippen LogP contribution is -2.64. The Hall–Kier alpha value is -9.76. The van der Waals surface area contributed by atoms with Gasteiger partial charge in [0.1, 0.15) is 18.7 Å². The van der Waals surface area contributed by atoms with Crippen LogP contribution in [0.25, 0.3) is 32.6 Å². The van der Waals surface area contributed by atoms with E-state index in [1.807, 2.05) is 67.2 Å². The van der Waals surface area contributed by atoms with Crippen LogP contribution in [0.15, 0.2) is 97.2 Å². The zero-order valence-corrected chi connectivity index (χ0v) is 58.0. The van der Waals surface area contributed by atoms with Crippen molar-refractivity contribution in [2.75, 3.05) is 73.4 Å². The number of hydrogen-bond donors (Lipinski definition) is 6. The SMILES string of the molecule is Cc1c(-c2ccc(-c3ccc4c(c3)N(C(=O)Nc3nc5ccccc5s3)CCN4C)nc2C(=O)O)cnn1CC12CC3(C)CC(C)(C1)CC(OCCN(C)C(=O)OCc1ccc(N(C(=O)[C@@H](NC(=O)CCCCCN4C(=O)C=CC4=O)C(C)C)[C@@H](CCCNC(N)=O)C(N)=O)cc1)(C3)C2. The third-order valence-corrected chi connectivity index (χ3v) is 21.0. The van der Waals surface area contributed by atoms with E-state index in [9.17, 15) is 48.3 Å². The van der Waals surface area contributed by atoms with Gasteiger partial charge in [0.2, 0.25) is 11.8 Å². The zero-order valence-electron chi connectivity index (χ0n) is 57.1. The second kappa shape index (κ2) is 29.0. The van der Waals surface area contributed by atoms with Crippen LogP contribution in [-0.4, -0.2) is 159 Å². The molecule has 524 valence electrons. The molecule has 0 radical (unpaired) electrons. The molecule has 4 saturated carbocycles. The topological polar surface area (TPSA) is 340 Å². The maximum atomic E-state index is 14.7. The number of nitrogens with zero attached hydrogens (tertiary/aromatic N) is 9. The number of carbonyl (C=O) groups excluding carboxylic acids is 8. The number of carboxylic acid groups (broad SMARTS) is 1. The summed E-state index contributed by atoms with van der Waals surface area (Å²) < 4.78 is 15.8. The number of fused-ring (bicyclic) bond motifs is 2. The van der Waals surface area contributed by atoms with Gasteiger partial charge in [0.05, 0.1) is 45.7 Å². The van der Waals surface area contributed by atoms with Gasteiger partial charge in [-0.15, -0.1) is 0 Å². The Kier molecular flexibility index (Phi) is 20.7. The average Bonchev–Trinajstić information content (AvgIpc) is 1.59. The van der Waals surface area contributed by atoms with Crippen LogP contribution < -0.4 is 42.1 Å². The number of hydrogen-bond acceptors (Lipinski definition) is 16. The van der Waals surface area contributed by atoms with Gasteiger partial charge in [0.25, 0.3) is 17.7 Å². The molecule has 5 heterocycles. The van der Waals surface area contributed by atoms with Crippen molar-refractivity contribution in [2.24, 2.45) is 33.6 Å². The van der Waals surface area contributed by atoms with E-state index in [0.29, 0.717) is 83.4 Å². The number of carboxylic acids is 1. The number of nitrogens with two attached hydrogens (primary N) is 2. The van der Waals surface area contributed by atoms with E-state index in [4.69, 9.17) is 31.0 Å². The van der Waals surface area contributed by atoms with Gasteiger partial charge in [-0.2, -0.15) is 5.10 Å². The summed E-state index contributed by atoms with van der Waals surface area (Å²) in [6, 6.07) is 20.2. The quantitative estimate of drug-likeness (QED) is 0.0197. The Bertz CT molecular complexity index is 4080. The second-order valence-corrected chi connectivity index (χ2v) is 29.6. The minimum absolute atomic E-state index is 0.0175. The summed E-state index contributed by atoms with van der Waals surface area (Å²) in [5.41, 5.74) is 16.7. The highest BCUT2D eigenvalue weighted by Crippen LogP contribution is 2.72. The number of aromatic nitrogens is 4. The number of pyridine rings is 1. The predicted octanol–water partition coefficient (Wildman–Crippen LogP) is 9.38. The maximum Gasteiger partial charge on any atom is 0.409 e. The minimum atomic E-state index is -1.20. The molecular weight excluding hydrogens is 1280 g/mol. The molecule has 3 aromatic heterocycles. The van der Waals surface area contributed by atoms with Crippen LogP contribution in [0.1, 0.15) is 126 Å². The van der Waals surface area contributed by atoms with Gasteiger partial charge in [0.15, 0.2) is 10.8 Å². The summed E-state index contributed by atoms with van der Waals surface area (Å²) in [7, 11) is 3.62. The van der Waals surface area contributed by atoms with E-state index < -0.39 is 59.4 Å². The van der Waals surface area contributed by atoms with Crippen LogP contribution >= 0.6 is 11.3 Å². The Morgan fingerprint density at radius 3 is 2.23 bits per heavy atom. The molecule has 4 atom stereocenters. The number of thiazole rings is 1. The number of aromatic carboxylic acids is 1. The lowest BCUT2D eigenvalue weighted by Gasteiger charge is -2.69. The molecule has 4 fully saturated rings. The smallest absolute Gasteiger partial charge is 0.409 e. The van der Waals surface area contributed by atoms with Gasteiger partial charge in [0, 0.05) is 100 Å². The van der Waals surface area contributed by atoms with Crippen molar-refractivity contribution >= 4 is 97.4 Å². The van der Waals surface area contributed by atoms with Gasteiger partial charge in [-0.1, -0.05) is 75.8 Å². The van der Waals surface area contributed by atoms with Gasteiger partial charge in [-0.25, -0.2) is 29.1 Å². The fourth-order valence-corrected chi connectivity index (χ4v) is 17.4. The van der Waals surface area contributed by atoms with E-state index in [1.165, 1.54) is 33.3 Å². The van der Waals surface area contributed by atoms with E-state index in [1.54, 1.807) is 62.3 Å². The van der Waals surface area contributed by atoms with Gasteiger partial charge in [-0.05, 0) is 147 Å². The molecule has 10 amide bonds. The van der Waals surface area contributed by atoms with Crippen LogP contribution in [-0.2, 0) is 46.6 Å². The van der Waals surface area contributed by atoms with Crippen molar-refractivity contribution < 1.29 is 57.7 Å². The summed E-state index contributed by atoms with van der Waals surface area (Å²) in [5, 5.41) is 24.5. The Morgan fingerprint density at radius 2 is 1.55 bits per heavy atom. The van der Waals surface area contributed by atoms with E-state index in [0.717, 1.165) is 65.0 Å². The highest BCUT2D eigenvalue weighted by molar-refractivity contribution is 7.22. The van der Waals surface area contributed by atoms with Crippen LogP contribution in [0.3, 0.4) is 0 Å². The number of urea groups is 2. The van der Waals surface area contributed by atoms with Crippen molar-refractivity contribution in [1.29, 1.82) is 0 Å². The summed E-state index contributed by atoms with van der Waals surface area (Å²) in [5.74, 6) is -4.17. The third kappa shape index (κ3) is 15.7. The molecule has 2 aliphatic heterocycles. The fraction of sp³-hybridized carbons (Fsp3) is 0.472. The molecule has 4 bridgehead atoms. The van der Waals surface area contributed by atoms with Crippen molar-refractivity contribution in [1.82, 2.24) is 40.2 Å². The number of nitrogens with one attached hydrogen (secondary N) is 3. The summed E-state index contributed by atoms with van der Waals surface area (Å²) >= 11 is 1.40. The summed E-state index contributed by atoms with van der Waals surface area (Å²) in [4.78, 5) is 134. The zero-order chi connectivity index (χ0) is 70.7. The number of unbranched alkanes of at least 4 members (excludes halogenated alkanes) is 2. The fourth-order valence-electron chi connectivity index (χ4n) is 16.5. The molecule has 0 saturated heterocycles. The number of benzene rings is 3. The number of para-hydroxylation sites is 1. The van der Waals surface area contributed by atoms with Crippen LogP contribution in [0.4, 0.5) is 36.6 Å². The first-order chi connectivity index (χ1) is 47.1. The lowest BCUT2D eigenvalue weighted by atomic mass is 9.39. The second-order valence-electron chi connectivity index (χ2n) is 28.6. The number of imide groups is 1. The predicted molar refractivity (Wildman–Crippen MR) is 375 cm³/mol. The molecule has 3 aromatic carbocycles. The van der Waals surface area contributed by atoms with Crippen molar-refractivity contribution in [3.63, 3.8) is 0 Å². The van der Waals surface area contributed by atoms with E-state index >= 15 is 0 Å². The molecular formula is C72H88N14O12S. The summed E-state index contributed by atoms with van der Waals surface area (Å²) in [6.07, 6.45) is 11.0. The Balaban J connectivity index is 0.714. The van der Waals surface area contributed by atoms with Crippen molar-refractivity contribution in [3.8, 4) is 22.4 Å². The molecule has 0 spiro atoms. The number of rotatable bonds is 28. The molecule has 27 heteroatoms. The van der Waals surface area contributed by atoms with Gasteiger partial charge in [-0.3, -0.25) is 48.7 Å². The van der Waals surface area contributed by atoms with Gasteiger partial charge >= 0.3 is 24.1 Å².